The van der Waals surface area contributed by atoms with E-state index < -0.39 is 4.92 Å². The van der Waals surface area contributed by atoms with Gasteiger partial charge in [-0.2, -0.15) is 10.4 Å². The first-order valence-corrected chi connectivity index (χ1v) is 8.90. The molecule has 0 saturated heterocycles. The minimum Gasteiger partial charge on any atom is -0.312 e. The van der Waals surface area contributed by atoms with Crippen molar-refractivity contribution >= 4 is 17.3 Å². The van der Waals surface area contributed by atoms with Crippen LogP contribution in [-0.2, 0) is 24.2 Å². The van der Waals surface area contributed by atoms with E-state index in [4.69, 9.17) is 5.26 Å². The Labute approximate surface area is 157 Å². The van der Waals surface area contributed by atoms with Gasteiger partial charge >= 0.3 is 0 Å². The second-order valence-corrected chi connectivity index (χ2v) is 6.65. The molecule has 2 heterocycles. The number of carbonyl (C=O) groups is 1. The lowest BCUT2D eigenvalue weighted by Crippen LogP contribution is -2.29. The van der Waals surface area contributed by atoms with E-state index in [0.29, 0.717) is 44.5 Å². The van der Waals surface area contributed by atoms with Gasteiger partial charge in [0.2, 0.25) is 5.91 Å². The quantitative estimate of drug-likeness (QED) is 0.576. The third-order valence-corrected chi connectivity index (χ3v) is 5.03. The van der Waals surface area contributed by atoms with E-state index in [9.17, 15) is 14.9 Å². The number of non-ortho nitro benzene ring substituents is 1. The van der Waals surface area contributed by atoms with E-state index in [1.54, 1.807) is 11.0 Å². The van der Waals surface area contributed by atoms with Crippen LogP contribution < -0.4 is 4.90 Å². The number of aryl methyl sites for hydroxylation is 2. The number of aromatic nitrogens is 2. The molecule has 0 aliphatic carbocycles. The molecule has 1 amide bonds. The van der Waals surface area contributed by atoms with Crippen molar-refractivity contribution in [3.05, 3.63) is 50.8 Å². The fraction of sp³-hybridized carbons (Fsp3) is 0.421. The van der Waals surface area contributed by atoms with Crippen LogP contribution in [0, 0.1) is 35.3 Å². The Morgan fingerprint density at radius 1 is 1.41 bits per heavy atom. The van der Waals surface area contributed by atoms with Crippen LogP contribution in [0.1, 0.15) is 35.4 Å². The summed E-state index contributed by atoms with van der Waals surface area (Å²) in [4.78, 5) is 25.0. The number of nitrogens with zero attached hydrogens (tertiary/aromatic N) is 5. The monoisotopic (exact) mass is 367 g/mol. The summed E-state index contributed by atoms with van der Waals surface area (Å²) in [7, 11) is 0. The highest BCUT2D eigenvalue weighted by Crippen LogP contribution is 2.32. The number of benzene rings is 1. The van der Waals surface area contributed by atoms with Gasteiger partial charge in [0.15, 0.2) is 0 Å². The SMILES string of the molecule is Cc1nn(CCC#N)c(C)c1CCC(=O)N1CCc2ccc([N+](=O)[O-])cc21. The number of hydrogen-bond acceptors (Lipinski definition) is 5. The third kappa shape index (κ3) is 3.67. The number of rotatable bonds is 6. The smallest absolute Gasteiger partial charge is 0.271 e. The number of nitro benzene ring substituents is 1. The molecule has 2 aromatic rings. The molecule has 1 aromatic carbocycles. The average Bonchev–Trinajstić information content (AvgIpc) is 3.18. The van der Waals surface area contributed by atoms with Gasteiger partial charge in [0.25, 0.3) is 5.69 Å². The molecule has 140 valence electrons. The molecule has 1 aromatic heterocycles. The molecule has 0 unspecified atom stereocenters. The van der Waals surface area contributed by atoms with E-state index in [-0.39, 0.29) is 11.6 Å². The molecule has 0 fully saturated rings. The van der Waals surface area contributed by atoms with E-state index in [1.165, 1.54) is 12.1 Å². The number of carbonyl (C=O) groups excluding carboxylic acids is 1. The van der Waals surface area contributed by atoms with Crippen LogP contribution in [0.15, 0.2) is 18.2 Å². The summed E-state index contributed by atoms with van der Waals surface area (Å²) in [5, 5.41) is 24.2. The topological polar surface area (TPSA) is 105 Å². The highest BCUT2D eigenvalue weighted by Gasteiger charge is 2.27. The van der Waals surface area contributed by atoms with Gasteiger partial charge < -0.3 is 4.90 Å². The van der Waals surface area contributed by atoms with Crippen LogP contribution in [-0.4, -0.2) is 27.2 Å². The van der Waals surface area contributed by atoms with E-state index in [1.807, 2.05) is 18.5 Å². The Bertz CT molecular complexity index is 942. The number of amides is 1. The van der Waals surface area contributed by atoms with Crippen molar-refractivity contribution in [3.63, 3.8) is 0 Å². The van der Waals surface area contributed by atoms with Gasteiger partial charge in [0.05, 0.1) is 35.3 Å². The van der Waals surface area contributed by atoms with Crippen LogP contribution in [0.5, 0.6) is 0 Å². The summed E-state index contributed by atoms with van der Waals surface area (Å²) in [6.45, 7) is 4.95. The molecule has 0 atom stereocenters. The lowest BCUT2D eigenvalue weighted by Gasteiger charge is -2.17. The number of nitro groups is 1. The van der Waals surface area contributed by atoms with Gasteiger partial charge in [0, 0.05) is 30.8 Å². The van der Waals surface area contributed by atoms with Crippen LogP contribution in [0.2, 0.25) is 0 Å². The van der Waals surface area contributed by atoms with Gasteiger partial charge in [-0.05, 0) is 37.8 Å². The van der Waals surface area contributed by atoms with Crippen LogP contribution >= 0.6 is 0 Å². The maximum atomic E-state index is 12.7. The molecule has 0 N–H and O–H groups in total. The number of hydrogen-bond donors (Lipinski definition) is 0. The second kappa shape index (κ2) is 7.58. The van der Waals surface area contributed by atoms with Crippen molar-refractivity contribution in [2.75, 3.05) is 11.4 Å². The zero-order valence-electron chi connectivity index (χ0n) is 15.4. The number of anilines is 1. The summed E-state index contributed by atoms with van der Waals surface area (Å²) >= 11 is 0. The Hall–Kier alpha value is -3.21. The van der Waals surface area contributed by atoms with Crippen molar-refractivity contribution in [1.82, 2.24) is 9.78 Å². The molecule has 8 heteroatoms. The lowest BCUT2D eigenvalue weighted by atomic mass is 10.1. The molecule has 1 aliphatic rings. The predicted molar refractivity (Wildman–Crippen MR) is 99.4 cm³/mol. The minimum atomic E-state index is -0.441. The Morgan fingerprint density at radius 2 is 2.19 bits per heavy atom. The Kier molecular flexibility index (Phi) is 5.21. The maximum absolute atomic E-state index is 12.7. The van der Waals surface area contributed by atoms with Crippen molar-refractivity contribution < 1.29 is 9.72 Å². The average molecular weight is 367 g/mol. The Balaban J connectivity index is 1.72. The number of fused-ring (bicyclic) bond motifs is 1. The zero-order valence-corrected chi connectivity index (χ0v) is 15.4. The Morgan fingerprint density at radius 3 is 2.89 bits per heavy atom. The highest BCUT2D eigenvalue weighted by atomic mass is 16.6. The standard InChI is InChI=1S/C19H21N5O3/c1-13-17(14(2)23(21-13)10-3-9-20)6-7-19(25)22-11-8-15-4-5-16(24(26)27)12-18(15)22/h4-5,12H,3,6-8,10-11H2,1-2H3. The first kappa shape index (κ1) is 18.6. The third-order valence-electron chi connectivity index (χ3n) is 5.03. The molecule has 27 heavy (non-hydrogen) atoms. The molecule has 8 nitrogen and oxygen atoms in total. The molecule has 1 aliphatic heterocycles. The van der Waals surface area contributed by atoms with Gasteiger partial charge in [-0.1, -0.05) is 6.07 Å². The predicted octanol–water partition coefficient (Wildman–Crippen LogP) is 2.84. The summed E-state index contributed by atoms with van der Waals surface area (Å²) < 4.78 is 1.81. The van der Waals surface area contributed by atoms with Crippen LogP contribution in [0.25, 0.3) is 0 Å². The van der Waals surface area contributed by atoms with Crippen molar-refractivity contribution in [1.29, 1.82) is 5.26 Å². The van der Waals surface area contributed by atoms with Crippen LogP contribution in [0.4, 0.5) is 11.4 Å². The summed E-state index contributed by atoms with van der Waals surface area (Å²) in [6.07, 6.45) is 1.98. The molecule has 0 saturated carbocycles. The van der Waals surface area contributed by atoms with Gasteiger partial charge in [0.1, 0.15) is 0 Å². The van der Waals surface area contributed by atoms with Crippen molar-refractivity contribution in [2.24, 2.45) is 0 Å². The van der Waals surface area contributed by atoms with E-state index in [0.717, 1.165) is 22.5 Å². The minimum absolute atomic E-state index is 0.00101. The first-order chi connectivity index (χ1) is 12.9. The summed E-state index contributed by atoms with van der Waals surface area (Å²) in [6, 6.07) is 6.81. The van der Waals surface area contributed by atoms with E-state index >= 15 is 0 Å². The van der Waals surface area contributed by atoms with Crippen molar-refractivity contribution in [2.45, 2.75) is 46.1 Å². The second-order valence-electron chi connectivity index (χ2n) is 6.65. The first-order valence-electron chi connectivity index (χ1n) is 8.90. The van der Waals surface area contributed by atoms with Gasteiger partial charge in [-0.3, -0.25) is 19.6 Å². The largest absolute Gasteiger partial charge is 0.312 e. The lowest BCUT2D eigenvalue weighted by molar-refractivity contribution is -0.384. The molecule has 0 bridgehead atoms. The fourth-order valence-corrected chi connectivity index (χ4v) is 3.58. The van der Waals surface area contributed by atoms with Crippen molar-refractivity contribution in [3.8, 4) is 6.07 Å². The summed E-state index contributed by atoms with van der Waals surface area (Å²) in [5.41, 5.74) is 4.49. The highest BCUT2D eigenvalue weighted by molar-refractivity contribution is 5.96. The maximum Gasteiger partial charge on any atom is 0.271 e. The molecule has 3 rings (SSSR count). The van der Waals surface area contributed by atoms with Gasteiger partial charge in [-0.25, -0.2) is 0 Å². The molecule has 0 spiro atoms. The number of nitriles is 1. The molecule has 0 radical (unpaired) electrons. The van der Waals surface area contributed by atoms with E-state index in [2.05, 4.69) is 11.2 Å². The molecular formula is C19H21N5O3. The molecular weight excluding hydrogens is 346 g/mol. The van der Waals surface area contributed by atoms with Gasteiger partial charge in [-0.15, -0.1) is 0 Å². The summed E-state index contributed by atoms with van der Waals surface area (Å²) in [5.74, 6) is -0.0437. The van der Waals surface area contributed by atoms with Crippen LogP contribution in [0.3, 0.4) is 0 Å². The normalized spacial score (nSPS) is 12.7. The zero-order chi connectivity index (χ0) is 19.6. The fourth-order valence-electron chi connectivity index (χ4n) is 3.58.